The third-order valence-corrected chi connectivity index (χ3v) is 3.97. The first-order valence-electron chi connectivity index (χ1n) is 5.31. The molecule has 1 aromatic rings. The van der Waals surface area contributed by atoms with Crippen LogP contribution in [0.1, 0.15) is 11.7 Å². The van der Waals surface area contributed by atoms with Crippen LogP contribution in [0.5, 0.6) is 0 Å². The fourth-order valence-corrected chi connectivity index (χ4v) is 3.09. The summed E-state index contributed by atoms with van der Waals surface area (Å²) in [5, 5.41) is 19.8. The number of hydrogen-bond donors (Lipinski definition) is 2. The van der Waals surface area contributed by atoms with Crippen molar-refractivity contribution in [2.75, 3.05) is 0 Å². The smallest absolute Gasteiger partial charge is 0.105 e. The van der Waals surface area contributed by atoms with Gasteiger partial charge in [0.25, 0.3) is 0 Å². The minimum atomic E-state index is -1.33. The van der Waals surface area contributed by atoms with Gasteiger partial charge in [-0.05, 0) is 11.6 Å². The van der Waals surface area contributed by atoms with Crippen molar-refractivity contribution < 1.29 is 10.2 Å². The molecule has 1 aromatic carbocycles. The van der Waals surface area contributed by atoms with E-state index in [0.29, 0.717) is 0 Å². The zero-order valence-corrected chi connectivity index (χ0v) is 10.6. The normalized spacial score (nSPS) is 16.1. The Morgan fingerprint density at radius 2 is 1.60 bits per heavy atom. The number of rotatable bonds is 4. The minimum absolute atomic E-state index is 0.640. The Morgan fingerprint density at radius 1 is 1.07 bits per heavy atom. The van der Waals surface area contributed by atoms with Crippen LogP contribution in [-0.4, -0.2) is 24.4 Å². The van der Waals surface area contributed by atoms with Gasteiger partial charge in [-0.3, -0.25) is 0 Å². The maximum atomic E-state index is 9.92. The molecule has 0 saturated heterocycles. The van der Waals surface area contributed by atoms with Crippen molar-refractivity contribution in [1.82, 2.24) is 0 Å². The van der Waals surface area contributed by atoms with Gasteiger partial charge in [0.15, 0.2) is 0 Å². The SMILES string of the molecule is C[Si](C)(C)C[C@@H](O)[C@H](O)c1ccccc1. The number of aliphatic hydroxyl groups excluding tert-OH is 2. The molecule has 0 spiro atoms. The molecule has 0 radical (unpaired) electrons. The molecular weight excluding hydrogens is 204 g/mol. The lowest BCUT2D eigenvalue weighted by Crippen LogP contribution is -2.30. The molecule has 0 amide bonds. The molecule has 0 unspecified atom stereocenters. The van der Waals surface area contributed by atoms with Crippen molar-refractivity contribution >= 4 is 8.07 Å². The summed E-state index contributed by atoms with van der Waals surface area (Å²) in [6.45, 7) is 6.57. The van der Waals surface area contributed by atoms with Crippen LogP contribution in [0.2, 0.25) is 25.7 Å². The third-order valence-electron chi connectivity index (χ3n) is 2.33. The Balaban J connectivity index is 2.65. The van der Waals surface area contributed by atoms with Gasteiger partial charge in [-0.1, -0.05) is 50.0 Å². The molecule has 0 aliphatic carbocycles. The molecule has 3 heteroatoms. The Morgan fingerprint density at radius 3 is 2.07 bits per heavy atom. The van der Waals surface area contributed by atoms with Crippen molar-refractivity contribution in [3.8, 4) is 0 Å². The summed E-state index contributed by atoms with van der Waals surface area (Å²) in [6.07, 6.45) is -1.39. The average Bonchev–Trinajstić information content (AvgIpc) is 2.15. The zero-order chi connectivity index (χ0) is 11.5. The van der Waals surface area contributed by atoms with Crippen LogP contribution in [0.3, 0.4) is 0 Å². The molecule has 0 aromatic heterocycles. The summed E-state index contributed by atoms with van der Waals surface area (Å²) in [5.41, 5.74) is 0.795. The second-order valence-corrected chi connectivity index (χ2v) is 10.7. The molecule has 2 N–H and O–H groups in total. The lowest BCUT2D eigenvalue weighted by molar-refractivity contribution is 0.0297. The van der Waals surface area contributed by atoms with Crippen molar-refractivity contribution in [2.24, 2.45) is 0 Å². The first-order valence-corrected chi connectivity index (χ1v) is 9.02. The first kappa shape index (κ1) is 12.4. The van der Waals surface area contributed by atoms with E-state index in [4.69, 9.17) is 0 Å². The summed E-state index contributed by atoms with van der Waals surface area (Å²) in [7, 11) is -1.33. The van der Waals surface area contributed by atoms with Crippen molar-refractivity contribution in [2.45, 2.75) is 37.9 Å². The number of aliphatic hydroxyl groups is 2. The van der Waals surface area contributed by atoms with Crippen molar-refractivity contribution in [3.05, 3.63) is 35.9 Å². The number of hydrogen-bond acceptors (Lipinski definition) is 2. The lowest BCUT2D eigenvalue weighted by Gasteiger charge is -2.24. The van der Waals surface area contributed by atoms with E-state index < -0.39 is 20.3 Å². The van der Waals surface area contributed by atoms with Gasteiger partial charge < -0.3 is 10.2 Å². The van der Waals surface area contributed by atoms with Crippen LogP contribution in [0.15, 0.2) is 30.3 Å². The van der Waals surface area contributed by atoms with Crippen LogP contribution < -0.4 is 0 Å². The van der Waals surface area contributed by atoms with E-state index in [9.17, 15) is 10.2 Å². The molecule has 2 atom stereocenters. The van der Waals surface area contributed by atoms with E-state index in [2.05, 4.69) is 19.6 Å². The van der Waals surface area contributed by atoms with Gasteiger partial charge in [0.1, 0.15) is 6.10 Å². The van der Waals surface area contributed by atoms with Gasteiger partial charge in [-0.2, -0.15) is 0 Å². The highest BCUT2D eigenvalue weighted by Gasteiger charge is 2.25. The van der Waals surface area contributed by atoms with Crippen LogP contribution in [0, 0.1) is 0 Å². The second-order valence-electron chi connectivity index (χ2n) is 5.19. The largest absolute Gasteiger partial charge is 0.390 e. The second kappa shape index (κ2) is 4.92. The molecule has 0 heterocycles. The summed E-state index contributed by atoms with van der Waals surface area (Å²) in [5.74, 6) is 0. The van der Waals surface area contributed by atoms with Crippen molar-refractivity contribution in [1.29, 1.82) is 0 Å². The summed E-state index contributed by atoms with van der Waals surface area (Å²) < 4.78 is 0. The van der Waals surface area contributed by atoms with Gasteiger partial charge in [0.2, 0.25) is 0 Å². The Kier molecular flexibility index (Phi) is 4.08. The molecule has 15 heavy (non-hydrogen) atoms. The maximum Gasteiger partial charge on any atom is 0.105 e. The zero-order valence-electron chi connectivity index (χ0n) is 9.64. The lowest BCUT2D eigenvalue weighted by atomic mass is 10.1. The van der Waals surface area contributed by atoms with Gasteiger partial charge in [-0.25, -0.2) is 0 Å². The molecule has 0 bridgehead atoms. The topological polar surface area (TPSA) is 40.5 Å². The minimum Gasteiger partial charge on any atom is -0.390 e. The predicted molar refractivity (Wildman–Crippen MR) is 65.6 cm³/mol. The van der Waals surface area contributed by atoms with E-state index in [1.54, 1.807) is 0 Å². The standard InChI is InChI=1S/C12H20O2Si/c1-15(2,3)9-11(13)12(14)10-7-5-4-6-8-10/h4-8,11-14H,9H2,1-3H3/t11-,12-/m1/s1. The van der Waals surface area contributed by atoms with Gasteiger partial charge in [0, 0.05) is 8.07 Å². The molecule has 2 nitrogen and oxygen atoms in total. The first-order chi connectivity index (χ1) is 6.90. The van der Waals surface area contributed by atoms with E-state index in [0.717, 1.165) is 11.6 Å². The summed E-state index contributed by atoms with van der Waals surface area (Å²) in [6, 6.07) is 10.1. The molecule has 0 aliphatic heterocycles. The molecule has 0 fully saturated rings. The van der Waals surface area contributed by atoms with Crippen molar-refractivity contribution in [3.63, 3.8) is 0 Å². The van der Waals surface area contributed by atoms with Crippen LogP contribution in [0.25, 0.3) is 0 Å². The third kappa shape index (κ3) is 4.16. The van der Waals surface area contributed by atoms with Crippen LogP contribution in [-0.2, 0) is 0 Å². The molecule has 0 saturated carbocycles. The van der Waals surface area contributed by atoms with E-state index in [1.165, 1.54) is 0 Å². The Bertz CT molecular complexity index is 292. The highest BCUT2D eigenvalue weighted by Crippen LogP contribution is 2.23. The van der Waals surface area contributed by atoms with E-state index >= 15 is 0 Å². The molecule has 1 rings (SSSR count). The van der Waals surface area contributed by atoms with E-state index in [-0.39, 0.29) is 0 Å². The average molecular weight is 224 g/mol. The quantitative estimate of drug-likeness (QED) is 0.771. The Labute approximate surface area is 92.6 Å². The predicted octanol–water partition coefficient (Wildman–Crippen LogP) is 2.42. The molecular formula is C12H20O2Si. The number of benzene rings is 1. The van der Waals surface area contributed by atoms with Crippen LogP contribution >= 0.6 is 0 Å². The monoisotopic (exact) mass is 224 g/mol. The van der Waals surface area contributed by atoms with Crippen LogP contribution in [0.4, 0.5) is 0 Å². The highest BCUT2D eigenvalue weighted by molar-refractivity contribution is 6.76. The van der Waals surface area contributed by atoms with E-state index in [1.807, 2.05) is 30.3 Å². The van der Waals surface area contributed by atoms with Gasteiger partial charge in [0.05, 0.1) is 6.10 Å². The fourth-order valence-electron chi connectivity index (χ4n) is 1.61. The summed E-state index contributed by atoms with van der Waals surface area (Å²) in [4.78, 5) is 0. The highest BCUT2D eigenvalue weighted by atomic mass is 28.3. The maximum absolute atomic E-state index is 9.92. The van der Waals surface area contributed by atoms with Gasteiger partial charge >= 0.3 is 0 Å². The molecule has 84 valence electrons. The summed E-state index contributed by atoms with van der Waals surface area (Å²) >= 11 is 0. The molecule has 0 aliphatic rings. The van der Waals surface area contributed by atoms with Gasteiger partial charge in [-0.15, -0.1) is 0 Å². The fraction of sp³-hybridized carbons (Fsp3) is 0.500. The Hall–Kier alpha value is -0.643.